The third-order valence-electron chi connectivity index (χ3n) is 8.17. The van der Waals surface area contributed by atoms with E-state index in [1.165, 1.54) is 17.9 Å². The van der Waals surface area contributed by atoms with Crippen LogP contribution in [0, 0.1) is 5.92 Å². The van der Waals surface area contributed by atoms with Crippen molar-refractivity contribution in [3.63, 3.8) is 0 Å². The van der Waals surface area contributed by atoms with E-state index in [0.717, 1.165) is 24.0 Å². The number of aldehydes is 2. The maximum atomic E-state index is 11.6. The van der Waals surface area contributed by atoms with E-state index in [-0.39, 0.29) is 35.9 Å². The molecule has 1 aliphatic rings. The summed E-state index contributed by atoms with van der Waals surface area (Å²) in [6.45, 7) is 6.19. The van der Waals surface area contributed by atoms with Gasteiger partial charge in [-0.3, -0.25) is 18.8 Å². The summed E-state index contributed by atoms with van der Waals surface area (Å²) in [4.78, 5) is 55.2. The normalized spacial score (nSPS) is 15.4. The molecule has 21 nitrogen and oxygen atoms in total. The molecule has 1 fully saturated rings. The Morgan fingerprint density at radius 3 is 1.64 bits per heavy atom. The molecule has 0 saturated carbocycles. The molecular formula is C38H51N9O12. The lowest BCUT2D eigenvalue weighted by Gasteiger charge is -2.11. The van der Waals surface area contributed by atoms with Gasteiger partial charge in [0.05, 0.1) is 32.3 Å². The monoisotopic (exact) mass is 825 g/mol. The van der Waals surface area contributed by atoms with Crippen molar-refractivity contribution in [2.45, 2.75) is 46.4 Å². The molecule has 5 aromatic heterocycles. The second-order valence-corrected chi connectivity index (χ2v) is 12.3. The number of aromatic nitrogens is 8. The minimum atomic E-state index is -0.456. The molecule has 0 bridgehead atoms. The van der Waals surface area contributed by atoms with E-state index in [2.05, 4.69) is 15.3 Å². The van der Waals surface area contributed by atoms with Crippen LogP contribution >= 0.6 is 0 Å². The first kappa shape index (κ1) is 47.0. The maximum Gasteiger partial charge on any atom is 0.358 e. The van der Waals surface area contributed by atoms with Crippen LogP contribution in [-0.4, -0.2) is 121 Å². The molecule has 0 aliphatic carbocycles. The number of esters is 3. The van der Waals surface area contributed by atoms with Crippen molar-refractivity contribution in [1.82, 2.24) is 38.5 Å². The lowest BCUT2D eigenvalue weighted by Crippen LogP contribution is -2.19. The highest BCUT2D eigenvalue weighted by molar-refractivity contribution is 5.88. The zero-order chi connectivity index (χ0) is 43.6. The topological polar surface area (TPSA) is 250 Å². The Bertz CT molecular complexity index is 2110. The van der Waals surface area contributed by atoms with Crippen molar-refractivity contribution in [3.8, 4) is 11.6 Å². The van der Waals surface area contributed by atoms with E-state index >= 15 is 0 Å². The van der Waals surface area contributed by atoms with Crippen LogP contribution < -0.4 is 5.73 Å². The molecule has 1 aliphatic heterocycles. The van der Waals surface area contributed by atoms with Crippen LogP contribution in [0.3, 0.4) is 0 Å². The quantitative estimate of drug-likeness (QED) is 0.0983. The average molecular weight is 826 g/mol. The standard InChI is InChI=1S/C12H15N3O3.C12H13N3O3.C7H11N3O2.C7H12O4/c2*1-3-18-12(17)10-6-11(14(2)13-10)15-5-4-9(7-15)8-16;1-3-12-7(11)5-4-6(8)10(2)9-5;1-9-6-3-5(4-8)7(10-2)11-6/h4-7,16H,3,8H2,1-2H3;4-8H,3H2,1-2H3;4H,3,8H2,1-2H3;4-7H,3H2,1-2H3. The Labute approximate surface area is 340 Å². The SMILES string of the molecule is CCOC(=O)c1cc(-n2ccc(C=O)c2)n(C)n1.CCOC(=O)c1cc(-n2ccc(CO)c2)n(C)n1.CCOC(=O)c1cc(N)n(C)n1.COC1CC(C=O)C(OC)O1. The van der Waals surface area contributed by atoms with Crippen molar-refractivity contribution in [3.05, 3.63) is 83.3 Å². The highest BCUT2D eigenvalue weighted by atomic mass is 16.8. The molecule has 320 valence electrons. The second-order valence-electron chi connectivity index (χ2n) is 12.3. The van der Waals surface area contributed by atoms with Crippen LogP contribution in [0.15, 0.2) is 55.1 Å². The van der Waals surface area contributed by atoms with Gasteiger partial charge in [-0.15, -0.1) is 0 Å². The number of carbonyl (C=O) groups is 5. The van der Waals surface area contributed by atoms with Gasteiger partial charge in [0.2, 0.25) is 0 Å². The summed E-state index contributed by atoms with van der Waals surface area (Å²) in [6.07, 6.45) is 8.44. The summed E-state index contributed by atoms with van der Waals surface area (Å²) in [6, 6.07) is 8.24. The van der Waals surface area contributed by atoms with Crippen molar-refractivity contribution in [2.24, 2.45) is 27.1 Å². The van der Waals surface area contributed by atoms with Crippen molar-refractivity contribution in [1.29, 1.82) is 0 Å². The number of aliphatic hydroxyl groups excluding tert-OH is 1. The number of hydrogen-bond acceptors (Lipinski definition) is 16. The van der Waals surface area contributed by atoms with Crippen LogP contribution in [0.25, 0.3) is 11.6 Å². The van der Waals surface area contributed by atoms with Crippen molar-refractivity contribution in [2.75, 3.05) is 39.8 Å². The van der Waals surface area contributed by atoms with E-state index in [1.807, 2.05) is 0 Å². The van der Waals surface area contributed by atoms with Gasteiger partial charge in [0.1, 0.15) is 23.7 Å². The number of hydrogen-bond donors (Lipinski definition) is 2. The molecule has 5 aromatic rings. The van der Waals surface area contributed by atoms with Crippen molar-refractivity contribution >= 4 is 36.3 Å². The number of nitrogen functional groups attached to an aromatic ring is 1. The number of rotatable bonds is 13. The number of carbonyl (C=O) groups excluding carboxylic acids is 5. The Morgan fingerprint density at radius 2 is 1.27 bits per heavy atom. The van der Waals surface area contributed by atoms with Crippen LogP contribution in [0.2, 0.25) is 0 Å². The molecule has 1 saturated heterocycles. The number of ether oxygens (including phenoxy) is 6. The van der Waals surface area contributed by atoms with Gasteiger partial charge in [0.15, 0.2) is 35.9 Å². The molecule has 0 spiro atoms. The van der Waals surface area contributed by atoms with E-state index in [4.69, 9.17) is 39.3 Å². The Morgan fingerprint density at radius 1 is 0.780 bits per heavy atom. The van der Waals surface area contributed by atoms with Gasteiger partial charge in [-0.1, -0.05) is 0 Å². The highest BCUT2D eigenvalue weighted by Gasteiger charge is 2.35. The molecule has 0 radical (unpaired) electrons. The molecular weight excluding hydrogens is 774 g/mol. The molecule has 59 heavy (non-hydrogen) atoms. The molecule has 0 amide bonds. The second kappa shape index (κ2) is 23.1. The number of aryl methyl sites for hydroxylation is 3. The molecule has 3 unspecified atom stereocenters. The first-order chi connectivity index (χ1) is 28.3. The molecule has 21 heteroatoms. The largest absolute Gasteiger partial charge is 0.461 e. The Kier molecular flexibility index (Phi) is 18.4. The van der Waals surface area contributed by atoms with Crippen molar-refractivity contribution < 1.29 is 57.5 Å². The van der Waals surface area contributed by atoms with E-state index < -0.39 is 24.2 Å². The minimum Gasteiger partial charge on any atom is -0.461 e. The van der Waals surface area contributed by atoms with E-state index in [9.17, 15) is 24.0 Å². The van der Waals surface area contributed by atoms with Gasteiger partial charge in [-0.2, -0.15) is 15.3 Å². The van der Waals surface area contributed by atoms with Crippen LogP contribution in [0.4, 0.5) is 5.82 Å². The molecule has 3 N–H and O–H groups in total. The van der Waals surface area contributed by atoms with Crippen LogP contribution in [-0.2, 0) is 61.0 Å². The van der Waals surface area contributed by atoms with Gasteiger partial charge < -0.3 is 53.2 Å². The number of nitrogens with zero attached hydrogens (tertiary/aromatic N) is 8. The molecule has 6 heterocycles. The Balaban J connectivity index is 0.000000215. The fourth-order valence-electron chi connectivity index (χ4n) is 5.24. The van der Waals surface area contributed by atoms with E-state index in [1.54, 1.807) is 117 Å². The number of anilines is 1. The molecule has 3 atom stereocenters. The van der Waals surface area contributed by atoms with Crippen LogP contribution in [0.1, 0.15) is 74.6 Å². The number of aliphatic hydroxyl groups is 1. The third kappa shape index (κ3) is 13.0. The van der Waals surface area contributed by atoms with Gasteiger partial charge in [-0.05, 0) is 38.5 Å². The average Bonchev–Trinajstić information content (AvgIpc) is 4.09. The predicted octanol–water partition coefficient (Wildman–Crippen LogP) is 2.43. The fraction of sp³-hybridized carbons (Fsp3) is 0.421. The molecule has 6 rings (SSSR count). The lowest BCUT2D eigenvalue weighted by molar-refractivity contribution is -0.192. The maximum absolute atomic E-state index is 11.6. The summed E-state index contributed by atoms with van der Waals surface area (Å²) >= 11 is 0. The summed E-state index contributed by atoms with van der Waals surface area (Å²) in [5, 5.41) is 21.0. The number of nitrogens with two attached hydrogens (primary N) is 1. The fourth-order valence-corrected chi connectivity index (χ4v) is 5.24. The lowest BCUT2D eigenvalue weighted by atomic mass is 10.1. The zero-order valence-corrected chi connectivity index (χ0v) is 34.2. The van der Waals surface area contributed by atoms with E-state index in [0.29, 0.717) is 43.4 Å². The Hall–Kier alpha value is -6.42. The number of methoxy groups -OCH3 is 2. The smallest absolute Gasteiger partial charge is 0.358 e. The van der Waals surface area contributed by atoms with Gasteiger partial charge in [0.25, 0.3) is 0 Å². The van der Waals surface area contributed by atoms with Gasteiger partial charge in [0, 0.05) is 90.3 Å². The summed E-state index contributed by atoms with van der Waals surface area (Å²) in [5.74, 6) is 0.340. The summed E-state index contributed by atoms with van der Waals surface area (Å²) < 4.78 is 37.6. The minimum absolute atomic E-state index is 0.0183. The highest BCUT2D eigenvalue weighted by Crippen LogP contribution is 2.25. The predicted molar refractivity (Wildman–Crippen MR) is 209 cm³/mol. The first-order valence-electron chi connectivity index (χ1n) is 18.2. The summed E-state index contributed by atoms with van der Waals surface area (Å²) in [5.41, 5.74) is 7.60. The zero-order valence-electron chi connectivity index (χ0n) is 34.2. The summed E-state index contributed by atoms with van der Waals surface area (Å²) in [7, 11) is 8.19. The van der Waals surface area contributed by atoms with Crippen LogP contribution in [0.5, 0.6) is 0 Å². The molecule has 0 aromatic carbocycles. The van der Waals surface area contributed by atoms with Gasteiger partial charge >= 0.3 is 17.9 Å². The first-order valence-corrected chi connectivity index (χ1v) is 18.2. The van der Waals surface area contributed by atoms with Gasteiger partial charge in [-0.25, -0.2) is 14.4 Å². The third-order valence-corrected chi connectivity index (χ3v) is 8.17.